The molecule has 1 saturated heterocycles. The Morgan fingerprint density at radius 1 is 1.04 bits per heavy atom. The van der Waals surface area contributed by atoms with Crippen LogP contribution in [0.3, 0.4) is 0 Å². The van der Waals surface area contributed by atoms with Gasteiger partial charge in [-0.2, -0.15) is 0 Å². The number of nitrogens with zero attached hydrogens (tertiary/aromatic N) is 1. The van der Waals surface area contributed by atoms with Gasteiger partial charge in [0.25, 0.3) is 0 Å². The third kappa shape index (κ3) is 2.17. The van der Waals surface area contributed by atoms with Crippen molar-refractivity contribution in [3.05, 3.63) is 65.4 Å². The Bertz CT molecular complexity index is 1080. The number of hydrogen-bond donors (Lipinski definition) is 0. The van der Waals surface area contributed by atoms with Gasteiger partial charge >= 0.3 is 11.9 Å². The van der Waals surface area contributed by atoms with Gasteiger partial charge in [-0.05, 0) is 35.7 Å². The van der Waals surface area contributed by atoms with Crippen molar-refractivity contribution in [2.45, 2.75) is 18.3 Å². The Morgan fingerprint density at radius 3 is 2.52 bits per heavy atom. The molecule has 3 atom stereocenters. The predicted octanol–water partition coefficient (Wildman–Crippen LogP) is 3.51. The molecule has 5 heteroatoms. The summed E-state index contributed by atoms with van der Waals surface area (Å²) in [4.78, 5) is 24.8. The summed E-state index contributed by atoms with van der Waals surface area (Å²) in [5, 5.41) is 1.13. The molecule has 0 radical (unpaired) electrons. The van der Waals surface area contributed by atoms with Crippen LogP contribution in [0.2, 0.25) is 0 Å². The fourth-order valence-corrected chi connectivity index (χ4v) is 4.77. The number of fused-ring (bicyclic) bond motifs is 5. The van der Waals surface area contributed by atoms with Crippen LogP contribution in [-0.4, -0.2) is 23.6 Å². The number of carbonyl (C=O) groups excluding carboxylic acids is 2. The van der Waals surface area contributed by atoms with E-state index >= 15 is 0 Å². The van der Waals surface area contributed by atoms with Crippen LogP contribution in [0.25, 0.3) is 10.9 Å². The van der Waals surface area contributed by atoms with Crippen molar-refractivity contribution in [1.29, 1.82) is 0 Å². The number of carbonyl (C=O) groups is 2. The minimum Gasteiger partial charge on any atom is -0.497 e. The number of para-hydroxylation sites is 1. The van der Waals surface area contributed by atoms with Gasteiger partial charge in [0, 0.05) is 29.6 Å². The van der Waals surface area contributed by atoms with Crippen molar-refractivity contribution in [3.63, 3.8) is 0 Å². The maximum atomic E-state index is 12.5. The molecule has 0 bridgehead atoms. The zero-order chi connectivity index (χ0) is 18.7. The quantitative estimate of drug-likeness (QED) is 0.518. The highest BCUT2D eigenvalue weighted by Gasteiger charge is 2.52. The van der Waals surface area contributed by atoms with E-state index in [0.717, 1.165) is 33.5 Å². The van der Waals surface area contributed by atoms with E-state index in [1.54, 1.807) is 7.11 Å². The predicted molar refractivity (Wildman–Crippen MR) is 99.7 cm³/mol. The molecule has 3 aromatic rings. The molecule has 1 aliphatic carbocycles. The summed E-state index contributed by atoms with van der Waals surface area (Å²) in [7, 11) is 3.61. The topological polar surface area (TPSA) is 57.5 Å². The second-order valence-corrected chi connectivity index (χ2v) is 7.26. The first kappa shape index (κ1) is 16.1. The highest BCUT2D eigenvalue weighted by atomic mass is 16.6. The number of cyclic esters (lactones) is 2. The molecule has 0 N–H and O–H groups in total. The average Bonchev–Trinajstić information content (AvgIpc) is 3.15. The lowest BCUT2D eigenvalue weighted by molar-refractivity contribution is -0.153. The average molecular weight is 361 g/mol. The van der Waals surface area contributed by atoms with Gasteiger partial charge in [0.2, 0.25) is 0 Å². The third-order valence-electron chi connectivity index (χ3n) is 6.00. The van der Waals surface area contributed by atoms with E-state index in [1.165, 1.54) is 0 Å². The molecular formula is C22H19NO4. The monoisotopic (exact) mass is 361 g/mol. The van der Waals surface area contributed by atoms with E-state index < -0.39 is 23.8 Å². The summed E-state index contributed by atoms with van der Waals surface area (Å²) in [6, 6.07) is 16.1. The van der Waals surface area contributed by atoms with Crippen molar-refractivity contribution in [2.24, 2.45) is 13.0 Å². The van der Waals surface area contributed by atoms with Gasteiger partial charge in [-0.25, -0.2) is 0 Å². The lowest BCUT2D eigenvalue weighted by Gasteiger charge is -2.30. The summed E-state index contributed by atoms with van der Waals surface area (Å²) in [6.07, 6.45) is 0.572. The molecule has 5 rings (SSSR count). The first-order valence-electron chi connectivity index (χ1n) is 9.07. The highest BCUT2D eigenvalue weighted by Crippen LogP contribution is 2.52. The highest BCUT2D eigenvalue weighted by molar-refractivity contribution is 6.02. The molecule has 2 aliphatic rings. The van der Waals surface area contributed by atoms with E-state index in [-0.39, 0.29) is 5.92 Å². The van der Waals surface area contributed by atoms with Crippen LogP contribution in [0, 0.1) is 5.92 Å². The SMILES string of the molecule is COc1ccc(C2CC3C(=O)OC(=O)C3c3c2c2ccccc2n3C)cc1. The first-order valence-corrected chi connectivity index (χ1v) is 9.07. The third-order valence-corrected chi connectivity index (χ3v) is 6.00. The molecule has 136 valence electrons. The second kappa shape index (κ2) is 5.71. The lowest BCUT2D eigenvalue weighted by Crippen LogP contribution is -2.27. The molecular weight excluding hydrogens is 342 g/mol. The molecule has 5 nitrogen and oxygen atoms in total. The van der Waals surface area contributed by atoms with Crippen LogP contribution < -0.4 is 4.74 Å². The van der Waals surface area contributed by atoms with E-state index in [9.17, 15) is 9.59 Å². The van der Waals surface area contributed by atoms with Crippen LogP contribution in [0.5, 0.6) is 5.75 Å². The van der Waals surface area contributed by atoms with Gasteiger partial charge in [0.15, 0.2) is 0 Å². The zero-order valence-electron chi connectivity index (χ0n) is 15.1. The standard InChI is InChI=1S/C22H19NO4/c1-23-17-6-4-3-5-14(17)18-15(12-7-9-13(26-2)10-8-12)11-16-19(20(18)23)22(25)27-21(16)24/h3-10,15-16,19H,11H2,1-2H3. The molecule has 0 spiro atoms. The Hall–Kier alpha value is -3.08. The zero-order valence-corrected chi connectivity index (χ0v) is 15.1. The van der Waals surface area contributed by atoms with Crippen molar-refractivity contribution in [2.75, 3.05) is 7.11 Å². The number of aryl methyl sites for hydroxylation is 1. The largest absolute Gasteiger partial charge is 0.497 e. The molecule has 3 unspecified atom stereocenters. The summed E-state index contributed by atoms with van der Waals surface area (Å²) in [6.45, 7) is 0. The van der Waals surface area contributed by atoms with E-state index in [1.807, 2.05) is 43.4 Å². The molecule has 1 aromatic heterocycles. The van der Waals surface area contributed by atoms with Crippen molar-refractivity contribution >= 4 is 22.8 Å². The molecule has 0 amide bonds. The van der Waals surface area contributed by atoms with Gasteiger partial charge in [0.05, 0.1) is 13.0 Å². The van der Waals surface area contributed by atoms with Crippen LogP contribution in [0.1, 0.15) is 35.1 Å². The second-order valence-electron chi connectivity index (χ2n) is 7.26. The molecule has 0 saturated carbocycles. The van der Waals surface area contributed by atoms with Crippen LogP contribution >= 0.6 is 0 Å². The number of esters is 2. The van der Waals surface area contributed by atoms with Crippen molar-refractivity contribution in [3.8, 4) is 5.75 Å². The number of methoxy groups -OCH3 is 1. The number of hydrogen-bond acceptors (Lipinski definition) is 4. The molecule has 1 aliphatic heterocycles. The van der Waals surface area contributed by atoms with Crippen LogP contribution in [0.15, 0.2) is 48.5 Å². The number of rotatable bonds is 2. The van der Waals surface area contributed by atoms with Crippen molar-refractivity contribution in [1.82, 2.24) is 4.57 Å². The van der Waals surface area contributed by atoms with E-state index in [0.29, 0.717) is 6.42 Å². The normalized spacial score (nSPS) is 23.9. The Kier molecular flexibility index (Phi) is 3.41. The van der Waals surface area contributed by atoms with Gasteiger partial charge < -0.3 is 14.0 Å². The van der Waals surface area contributed by atoms with Gasteiger partial charge in [-0.15, -0.1) is 0 Å². The summed E-state index contributed by atoms with van der Waals surface area (Å²) in [5.74, 6) is -0.956. The van der Waals surface area contributed by atoms with Crippen molar-refractivity contribution < 1.29 is 19.1 Å². The Balaban J connectivity index is 1.78. The molecule has 1 fully saturated rings. The first-order chi connectivity index (χ1) is 13.1. The fraction of sp³-hybridized carbons (Fsp3) is 0.273. The molecule has 2 aromatic carbocycles. The number of benzene rings is 2. The molecule has 27 heavy (non-hydrogen) atoms. The summed E-state index contributed by atoms with van der Waals surface area (Å²) >= 11 is 0. The smallest absolute Gasteiger partial charge is 0.323 e. The lowest BCUT2D eigenvalue weighted by atomic mass is 9.71. The van der Waals surface area contributed by atoms with Gasteiger partial charge in [0.1, 0.15) is 11.7 Å². The van der Waals surface area contributed by atoms with E-state index in [4.69, 9.17) is 9.47 Å². The minimum atomic E-state index is -0.514. The van der Waals surface area contributed by atoms with Gasteiger partial charge in [-0.3, -0.25) is 9.59 Å². The minimum absolute atomic E-state index is 0.0247. The molecule has 2 heterocycles. The van der Waals surface area contributed by atoms with Crippen LogP contribution in [0.4, 0.5) is 0 Å². The Morgan fingerprint density at radius 2 is 1.78 bits per heavy atom. The summed E-state index contributed by atoms with van der Waals surface area (Å²) < 4.78 is 12.4. The van der Waals surface area contributed by atoms with E-state index in [2.05, 4.69) is 16.7 Å². The van der Waals surface area contributed by atoms with Gasteiger partial charge in [-0.1, -0.05) is 30.3 Å². The maximum Gasteiger partial charge on any atom is 0.323 e. The summed E-state index contributed by atoms with van der Waals surface area (Å²) in [5.41, 5.74) is 4.21. The fourth-order valence-electron chi connectivity index (χ4n) is 4.77. The number of aromatic nitrogens is 1. The Labute approximate surface area is 156 Å². The number of ether oxygens (including phenoxy) is 2. The maximum absolute atomic E-state index is 12.5. The van der Waals surface area contributed by atoms with Crippen LogP contribution in [-0.2, 0) is 21.4 Å².